The third-order valence-electron chi connectivity index (χ3n) is 1.93. The molecule has 0 spiro atoms. The Balaban J connectivity index is 2.97. The fraction of sp³-hybridized carbons (Fsp3) is 0.273. The highest BCUT2D eigenvalue weighted by Crippen LogP contribution is 2.23. The van der Waals surface area contributed by atoms with Gasteiger partial charge in [-0.1, -0.05) is 22.0 Å². The second kappa shape index (κ2) is 6.36. The highest BCUT2D eigenvalue weighted by atomic mass is 79.9. The molecule has 0 bridgehead atoms. The van der Waals surface area contributed by atoms with E-state index in [9.17, 15) is 4.79 Å². The molecule has 1 aromatic rings. The maximum absolute atomic E-state index is 11.3. The molecule has 0 fully saturated rings. The minimum absolute atomic E-state index is 0.281. The third kappa shape index (κ3) is 3.83. The molecular weight excluding hydrogens is 290 g/mol. The number of hydrogen-bond acceptors (Lipinski definition) is 5. The summed E-state index contributed by atoms with van der Waals surface area (Å²) in [6.07, 6.45) is 0. The monoisotopic (exact) mass is 301 g/mol. The fourth-order valence-corrected chi connectivity index (χ4v) is 1.42. The van der Waals surface area contributed by atoms with Crippen LogP contribution in [0.1, 0.15) is 5.56 Å². The number of methoxy groups -OCH3 is 1. The molecule has 6 heteroatoms. The lowest BCUT2D eigenvalue weighted by atomic mass is 10.2. The Labute approximate surface area is 107 Å². The summed E-state index contributed by atoms with van der Waals surface area (Å²) in [5.41, 5.74) is 0.836. The molecule has 5 nitrogen and oxygen atoms in total. The first-order chi connectivity index (χ1) is 8.08. The number of esters is 1. The lowest BCUT2D eigenvalue weighted by molar-refractivity contribution is -0.133. The normalized spacial score (nSPS) is 11.2. The smallest absolute Gasteiger partial charge is 0.394 e. The van der Waals surface area contributed by atoms with Crippen molar-refractivity contribution < 1.29 is 19.4 Å². The predicted octanol–water partition coefficient (Wildman–Crippen LogP) is 1.66. The SMILES string of the molecule is COC(=O)C(=NCO)Oc1cc(Br)ccc1C. The number of aryl methyl sites for hydroxylation is 1. The molecule has 0 aliphatic rings. The zero-order chi connectivity index (χ0) is 12.8. The van der Waals surface area contributed by atoms with E-state index in [0.717, 1.165) is 10.0 Å². The van der Waals surface area contributed by atoms with Crippen LogP contribution in [0.15, 0.2) is 27.7 Å². The number of halogens is 1. The van der Waals surface area contributed by atoms with Gasteiger partial charge in [0.25, 0.3) is 0 Å². The Kier molecular flexibility index (Phi) is 5.11. The molecule has 0 saturated carbocycles. The summed E-state index contributed by atoms with van der Waals surface area (Å²) >= 11 is 3.29. The molecule has 0 saturated heterocycles. The number of nitrogens with zero attached hydrogens (tertiary/aromatic N) is 1. The average Bonchev–Trinajstić information content (AvgIpc) is 2.32. The first-order valence-electron chi connectivity index (χ1n) is 4.76. The van der Waals surface area contributed by atoms with Crippen molar-refractivity contribution in [3.63, 3.8) is 0 Å². The maximum atomic E-state index is 11.3. The van der Waals surface area contributed by atoms with Gasteiger partial charge < -0.3 is 14.6 Å². The Bertz CT molecular complexity index is 445. The van der Waals surface area contributed by atoms with Crippen LogP contribution in [-0.4, -0.2) is 30.8 Å². The number of hydrogen-bond donors (Lipinski definition) is 1. The number of aliphatic imine (C=N–C) groups is 1. The van der Waals surface area contributed by atoms with Crippen LogP contribution < -0.4 is 4.74 Å². The number of benzene rings is 1. The van der Waals surface area contributed by atoms with E-state index in [2.05, 4.69) is 25.7 Å². The number of carbonyl (C=O) groups excluding carboxylic acids is 1. The van der Waals surface area contributed by atoms with Crippen molar-refractivity contribution in [1.29, 1.82) is 0 Å². The van der Waals surface area contributed by atoms with Crippen LogP contribution in [0.25, 0.3) is 0 Å². The second-order valence-electron chi connectivity index (χ2n) is 3.11. The highest BCUT2D eigenvalue weighted by Gasteiger charge is 2.15. The summed E-state index contributed by atoms with van der Waals surface area (Å²) < 4.78 is 10.6. The van der Waals surface area contributed by atoms with Crippen molar-refractivity contribution >= 4 is 27.8 Å². The van der Waals surface area contributed by atoms with E-state index in [4.69, 9.17) is 9.84 Å². The van der Waals surface area contributed by atoms with Gasteiger partial charge in [0.2, 0.25) is 0 Å². The molecule has 92 valence electrons. The van der Waals surface area contributed by atoms with E-state index in [1.165, 1.54) is 7.11 Å². The predicted molar refractivity (Wildman–Crippen MR) is 66.0 cm³/mol. The van der Waals surface area contributed by atoms with Gasteiger partial charge in [-0.2, -0.15) is 0 Å². The van der Waals surface area contributed by atoms with E-state index in [0.29, 0.717) is 5.75 Å². The summed E-state index contributed by atoms with van der Waals surface area (Å²) in [4.78, 5) is 14.8. The molecule has 0 radical (unpaired) electrons. The average molecular weight is 302 g/mol. The van der Waals surface area contributed by atoms with Crippen molar-refractivity contribution in [2.24, 2.45) is 4.99 Å². The molecule has 1 rings (SSSR count). The van der Waals surface area contributed by atoms with Crippen molar-refractivity contribution in [1.82, 2.24) is 0 Å². The van der Waals surface area contributed by atoms with Crippen LogP contribution in [0.2, 0.25) is 0 Å². The molecule has 0 aromatic heterocycles. The summed E-state index contributed by atoms with van der Waals surface area (Å²) in [5.74, 6) is -0.549. The van der Waals surface area contributed by atoms with Crippen molar-refractivity contribution in [2.75, 3.05) is 13.8 Å². The lowest BCUT2D eigenvalue weighted by Gasteiger charge is -2.09. The van der Waals surface area contributed by atoms with Gasteiger partial charge >= 0.3 is 11.9 Å². The summed E-state index contributed by atoms with van der Waals surface area (Å²) in [6.45, 7) is 1.28. The molecule has 1 N–H and O–H groups in total. The number of rotatable bonds is 2. The maximum Gasteiger partial charge on any atom is 0.394 e. The largest absolute Gasteiger partial charge is 0.462 e. The summed E-state index contributed by atoms with van der Waals surface area (Å²) in [7, 11) is 1.21. The van der Waals surface area contributed by atoms with Gasteiger partial charge in [0.1, 0.15) is 12.5 Å². The number of carbonyl (C=O) groups is 1. The van der Waals surface area contributed by atoms with Gasteiger partial charge in [0.15, 0.2) is 0 Å². The summed E-state index contributed by atoms with van der Waals surface area (Å²) in [5, 5.41) is 8.70. The second-order valence-corrected chi connectivity index (χ2v) is 4.02. The van der Waals surface area contributed by atoms with E-state index in [1.807, 2.05) is 19.1 Å². The minimum Gasteiger partial charge on any atom is -0.462 e. The zero-order valence-corrected chi connectivity index (χ0v) is 11.0. The van der Waals surface area contributed by atoms with Gasteiger partial charge in [0, 0.05) is 4.47 Å². The minimum atomic E-state index is -0.738. The third-order valence-corrected chi connectivity index (χ3v) is 2.42. The molecule has 0 aliphatic heterocycles. The standard InChI is InChI=1S/C11H12BrNO4/c1-7-3-4-8(12)5-9(7)17-10(13-6-14)11(15)16-2/h3-5,14H,6H2,1-2H3. The molecular formula is C11H12BrNO4. The van der Waals surface area contributed by atoms with Crippen molar-refractivity contribution in [2.45, 2.75) is 6.92 Å². The molecule has 0 unspecified atom stereocenters. The number of aliphatic hydroxyl groups is 1. The van der Waals surface area contributed by atoms with Gasteiger partial charge in [0.05, 0.1) is 7.11 Å². The molecule has 0 aliphatic carbocycles. The Morgan fingerprint density at radius 2 is 2.24 bits per heavy atom. The highest BCUT2D eigenvalue weighted by molar-refractivity contribution is 9.10. The molecule has 0 amide bonds. The Morgan fingerprint density at radius 3 is 2.82 bits per heavy atom. The molecule has 0 atom stereocenters. The van der Waals surface area contributed by atoms with Gasteiger partial charge in [-0.3, -0.25) is 0 Å². The van der Waals surface area contributed by atoms with Gasteiger partial charge in [-0.15, -0.1) is 0 Å². The molecule has 1 aromatic carbocycles. The van der Waals surface area contributed by atoms with E-state index in [1.54, 1.807) is 6.07 Å². The van der Waals surface area contributed by atoms with E-state index in [-0.39, 0.29) is 5.90 Å². The van der Waals surface area contributed by atoms with E-state index < -0.39 is 12.7 Å². The molecule has 17 heavy (non-hydrogen) atoms. The van der Waals surface area contributed by atoms with Crippen molar-refractivity contribution in [3.05, 3.63) is 28.2 Å². The number of aliphatic hydroxyl groups excluding tert-OH is 1. The lowest BCUT2D eigenvalue weighted by Crippen LogP contribution is -2.23. The van der Waals surface area contributed by atoms with Crippen molar-refractivity contribution in [3.8, 4) is 5.75 Å². The Morgan fingerprint density at radius 1 is 1.53 bits per heavy atom. The molecule has 0 heterocycles. The van der Waals surface area contributed by atoms with E-state index >= 15 is 0 Å². The summed E-state index contributed by atoms with van der Waals surface area (Å²) in [6, 6.07) is 5.38. The Hall–Kier alpha value is -1.40. The van der Waals surface area contributed by atoms with Crippen LogP contribution in [0.3, 0.4) is 0 Å². The fourth-order valence-electron chi connectivity index (χ4n) is 1.08. The van der Waals surface area contributed by atoms with Gasteiger partial charge in [-0.05, 0) is 24.6 Å². The quantitative estimate of drug-likeness (QED) is 0.512. The van der Waals surface area contributed by atoms with Crippen LogP contribution in [0.5, 0.6) is 5.75 Å². The van der Waals surface area contributed by atoms with Crippen LogP contribution in [0.4, 0.5) is 0 Å². The first-order valence-corrected chi connectivity index (χ1v) is 5.55. The first kappa shape index (κ1) is 13.7. The van der Waals surface area contributed by atoms with Crippen LogP contribution in [0, 0.1) is 6.92 Å². The van der Waals surface area contributed by atoms with Crippen LogP contribution in [-0.2, 0) is 9.53 Å². The number of ether oxygens (including phenoxy) is 2. The van der Waals surface area contributed by atoms with Crippen LogP contribution >= 0.6 is 15.9 Å². The topological polar surface area (TPSA) is 68.1 Å². The van der Waals surface area contributed by atoms with Gasteiger partial charge in [-0.25, -0.2) is 9.79 Å². The zero-order valence-electron chi connectivity index (χ0n) is 9.44.